The summed E-state index contributed by atoms with van der Waals surface area (Å²) in [6, 6.07) is 12.7. The highest BCUT2D eigenvalue weighted by atomic mass is 15.0. The minimum Gasteiger partial charge on any atom is -0.379 e. The van der Waals surface area contributed by atoms with Gasteiger partial charge in [-0.15, -0.1) is 0 Å². The molecule has 0 amide bonds. The zero-order valence-corrected chi connectivity index (χ0v) is 10.4. The highest BCUT2D eigenvalue weighted by Gasteiger charge is 1.97. The number of anilines is 1. The molecule has 0 aliphatic carbocycles. The van der Waals surface area contributed by atoms with Crippen LogP contribution in [0.3, 0.4) is 0 Å². The van der Waals surface area contributed by atoms with Crippen molar-refractivity contribution >= 4 is 5.69 Å². The summed E-state index contributed by atoms with van der Waals surface area (Å²) in [5.41, 5.74) is 3.69. The molecule has 0 spiro atoms. The molecule has 0 saturated heterocycles. The predicted molar refractivity (Wildman–Crippen MR) is 72.0 cm³/mol. The van der Waals surface area contributed by atoms with Gasteiger partial charge in [0.15, 0.2) is 0 Å². The Morgan fingerprint density at radius 1 is 1.12 bits per heavy atom. The molecular weight excluding hydrogens is 210 g/mol. The third-order valence-corrected chi connectivity index (χ3v) is 2.60. The van der Waals surface area contributed by atoms with Crippen LogP contribution >= 0.6 is 0 Å². The fourth-order valence-electron chi connectivity index (χ4n) is 1.77. The molecule has 0 fully saturated rings. The maximum atomic E-state index is 3.38. The van der Waals surface area contributed by atoms with Crippen LogP contribution in [0.15, 0.2) is 42.6 Å². The highest BCUT2D eigenvalue weighted by Crippen LogP contribution is 2.11. The second kappa shape index (κ2) is 5.55. The first kappa shape index (κ1) is 11.7. The molecule has 1 aromatic carbocycles. The third kappa shape index (κ3) is 3.64. The quantitative estimate of drug-likeness (QED) is 0.826. The van der Waals surface area contributed by atoms with Gasteiger partial charge >= 0.3 is 0 Å². The number of hydrogen-bond acceptors (Lipinski definition) is 2. The summed E-state index contributed by atoms with van der Waals surface area (Å²) in [5, 5.41) is 3.38. The van der Waals surface area contributed by atoms with E-state index in [1.807, 2.05) is 12.3 Å². The molecule has 1 aromatic heterocycles. The van der Waals surface area contributed by atoms with Crippen LogP contribution in [0.1, 0.15) is 11.3 Å². The number of aromatic nitrogens is 1. The van der Waals surface area contributed by atoms with Gasteiger partial charge in [0, 0.05) is 24.1 Å². The number of rotatable bonds is 5. The van der Waals surface area contributed by atoms with E-state index in [2.05, 4.69) is 59.6 Å². The summed E-state index contributed by atoms with van der Waals surface area (Å²) in [6.07, 6.45) is 1.94. The topological polar surface area (TPSA) is 31.1 Å². The van der Waals surface area contributed by atoms with Crippen LogP contribution in [0.25, 0.3) is 0 Å². The van der Waals surface area contributed by atoms with Gasteiger partial charge in [0.25, 0.3) is 0 Å². The summed E-state index contributed by atoms with van der Waals surface area (Å²) in [6.45, 7) is 1.82. The van der Waals surface area contributed by atoms with Crippen molar-refractivity contribution in [2.24, 2.45) is 0 Å². The van der Waals surface area contributed by atoms with Gasteiger partial charge in [-0.3, -0.25) is 0 Å². The van der Waals surface area contributed by atoms with E-state index in [-0.39, 0.29) is 0 Å². The fraction of sp³-hybridized carbons (Fsp3) is 0.286. The SMILES string of the molecule is CN(C)Cc1ccc(NCc2ccc[nH]2)cc1. The molecule has 0 radical (unpaired) electrons. The van der Waals surface area contributed by atoms with Crippen molar-refractivity contribution < 1.29 is 0 Å². The first-order valence-electron chi connectivity index (χ1n) is 5.84. The summed E-state index contributed by atoms with van der Waals surface area (Å²) in [5.74, 6) is 0. The molecule has 1 heterocycles. The maximum absolute atomic E-state index is 3.38. The van der Waals surface area contributed by atoms with Crippen molar-refractivity contribution in [3.8, 4) is 0 Å². The number of benzene rings is 1. The fourth-order valence-corrected chi connectivity index (χ4v) is 1.77. The summed E-state index contributed by atoms with van der Waals surface area (Å²) >= 11 is 0. The Balaban J connectivity index is 1.89. The number of nitrogens with one attached hydrogen (secondary N) is 2. The smallest absolute Gasteiger partial charge is 0.0551 e. The van der Waals surface area contributed by atoms with E-state index in [4.69, 9.17) is 0 Å². The molecule has 3 nitrogen and oxygen atoms in total. The number of nitrogens with zero attached hydrogens (tertiary/aromatic N) is 1. The minimum atomic E-state index is 0.833. The summed E-state index contributed by atoms with van der Waals surface area (Å²) in [7, 11) is 4.16. The lowest BCUT2D eigenvalue weighted by Crippen LogP contribution is -2.10. The molecule has 0 aliphatic rings. The molecule has 0 aliphatic heterocycles. The first-order valence-corrected chi connectivity index (χ1v) is 5.84. The van der Waals surface area contributed by atoms with Gasteiger partial charge in [0.05, 0.1) is 6.54 Å². The van der Waals surface area contributed by atoms with Gasteiger partial charge in [-0.05, 0) is 43.9 Å². The van der Waals surface area contributed by atoms with E-state index in [0.29, 0.717) is 0 Å². The van der Waals surface area contributed by atoms with E-state index in [1.165, 1.54) is 11.3 Å². The molecule has 17 heavy (non-hydrogen) atoms. The summed E-state index contributed by atoms with van der Waals surface area (Å²) in [4.78, 5) is 5.34. The normalized spacial score (nSPS) is 10.8. The predicted octanol–water partition coefficient (Wildman–Crippen LogP) is 2.69. The number of aromatic amines is 1. The molecular formula is C14H19N3. The molecule has 2 N–H and O–H groups in total. The number of H-pyrrole nitrogens is 1. The van der Waals surface area contributed by atoms with Gasteiger partial charge in [0.2, 0.25) is 0 Å². The van der Waals surface area contributed by atoms with Crippen molar-refractivity contribution in [2.45, 2.75) is 13.1 Å². The molecule has 0 bridgehead atoms. The van der Waals surface area contributed by atoms with Crippen LogP contribution in [0.2, 0.25) is 0 Å². The average molecular weight is 229 g/mol. The Hall–Kier alpha value is -1.74. The molecule has 0 atom stereocenters. The van der Waals surface area contributed by atoms with Crippen LogP contribution in [0.4, 0.5) is 5.69 Å². The van der Waals surface area contributed by atoms with Crippen molar-refractivity contribution in [2.75, 3.05) is 19.4 Å². The van der Waals surface area contributed by atoms with Crippen molar-refractivity contribution in [3.05, 3.63) is 53.9 Å². The van der Waals surface area contributed by atoms with Gasteiger partial charge < -0.3 is 15.2 Å². The molecule has 3 heteroatoms. The van der Waals surface area contributed by atoms with Gasteiger partial charge in [-0.25, -0.2) is 0 Å². The second-order valence-corrected chi connectivity index (χ2v) is 4.48. The van der Waals surface area contributed by atoms with E-state index in [9.17, 15) is 0 Å². The largest absolute Gasteiger partial charge is 0.379 e. The first-order chi connectivity index (χ1) is 8.24. The van der Waals surface area contributed by atoms with Crippen LogP contribution in [0.5, 0.6) is 0 Å². The van der Waals surface area contributed by atoms with Crippen molar-refractivity contribution in [3.63, 3.8) is 0 Å². The minimum absolute atomic E-state index is 0.833. The van der Waals surface area contributed by atoms with Crippen LogP contribution in [-0.4, -0.2) is 24.0 Å². The number of hydrogen-bond donors (Lipinski definition) is 2. The van der Waals surface area contributed by atoms with Gasteiger partial charge in [-0.2, -0.15) is 0 Å². The molecule has 2 rings (SSSR count). The van der Waals surface area contributed by atoms with E-state index in [0.717, 1.165) is 18.8 Å². The molecule has 0 saturated carbocycles. The van der Waals surface area contributed by atoms with Gasteiger partial charge in [0.1, 0.15) is 0 Å². The van der Waals surface area contributed by atoms with E-state index < -0.39 is 0 Å². The van der Waals surface area contributed by atoms with Crippen molar-refractivity contribution in [1.82, 2.24) is 9.88 Å². The highest BCUT2D eigenvalue weighted by molar-refractivity contribution is 5.44. The Labute approximate surface area is 102 Å². The average Bonchev–Trinajstić information content (AvgIpc) is 2.80. The molecule has 0 unspecified atom stereocenters. The van der Waals surface area contributed by atoms with Crippen LogP contribution < -0.4 is 5.32 Å². The lowest BCUT2D eigenvalue weighted by atomic mass is 10.2. The molecule has 2 aromatic rings. The van der Waals surface area contributed by atoms with Crippen LogP contribution in [-0.2, 0) is 13.1 Å². The van der Waals surface area contributed by atoms with E-state index in [1.54, 1.807) is 0 Å². The monoisotopic (exact) mass is 229 g/mol. The lowest BCUT2D eigenvalue weighted by Gasteiger charge is -2.10. The summed E-state index contributed by atoms with van der Waals surface area (Å²) < 4.78 is 0. The van der Waals surface area contributed by atoms with Crippen molar-refractivity contribution in [1.29, 1.82) is 0 Å². The zero-order valence-electron chi connectivity index (χ0n) is 10.4. The standard InChI is InChI=1S/C14H19N3/c1-17(2)11-12-5-7-13(8-6-12)16-10-14-4-3-9-15-14/h3-9,15-16H,10-11H2,1-2H3. The Bertz CT molecular complexity index is 429. The second-order valence-electron chi connectivity index (χ2n) is 4.48. The van der Waals surface area contributed by atoms with Crippen LogP contribution in [0, 0.1) is 0 Å². The third-order valence-electron chi connectivity index (χ3n) is 2.60. The van der Waals surface area contributed by atoms with Gasteiger partial charge in [-0.1, -0.05) is 12.1 Å². The van der Waals surface area contributed by atoms with E-state index >= 15 is 0 Å². The Morgan fingerprint density at radius 3 is 2.47 bits per heavy atom. The molecule has 90 valence electrons. The maximum Gasteiger partial charge on any atom is 0.0551 e. The Morgan fingerprint density at radius 2 is 1.88 bits per heavy atom. The Kier molecular flexibility index (Phi) is 3.83. The zero-order chi connectivity index (χ0) is 12.1. The lowest BCUT2D eigenvalue weighted by molar-refractivity contribution is 0.402.